The molecular weight excluding hydrogens is 634 g/mol. The number of alkyl halides is 3. The Labute approximate surface area is 289 Å². The number of amides is 2. The average Bonchev–Trinajstić information content (AvgIpc) is 3.36. The van der Waals surface area contributed by atoms with Gasteiger partial charge >= 0.3 is 6.18 Å². The summed E-state index contributed by atoms with van der Waals surface area (Å²) in [5.41, 5.74) is 2.15. The number of carbonyl (C=O) groups excluding carboxylic acids is 2. The number of unbranched alkanes of at least 4 members (excludes halogenated alkanes) is 3. The maximum Gasteiger partial charge on any atom is 0.405 e. The van der Waals surface area contributed by atoms with Crippen LogP contribution < -0.4 is 16.0 Å². The molecule has 1 aliphatic carbocycles. The monoisotopic (exact) mass is 686 g/mol. The van der Waals surface area contributed by atoms with E-state index in [9.17, 15) is 22.8 Å². The van der Waals surface area contributed by atoms with Crippen LogP contribution in [0.5, 0.6) is 0 Å². The predicted molar refractivity (Wildman–Crippen MR) is 193 cm³/mol. The van der Waals surface area contributed by atoms with E-state index in [0.29, 0.717) is 19.3 Å². The molecule has 0 heterocycles. The second kappa shape index (κ2) is 20.4. The van der Waals surface area contributed by atoms with Crippen LogP contribution in [0.25, 0.3) is 11.1 Å². The Kier molecular flexibility index (Phi) is 16.7. The Morgan fingerprint density at radius 2 is 1.58 bits per heavy atom. The first-order valence-electron chi connectivity index (χ1n) is 17.5. The van der Waals surface area contributed by atoms with Crippen LogP contribution in [-0.2, 0) is 15.0 Å². The van der Waals surface area contributed by atoms with Gasteiger partial charge in [-0.1, -0.05) is 94.6 Å². The lowest BCUT2D eigenvalue weighted by atomic mass is 9.73. The zero-order valence-corrected chi connectivity index (χ0v) is 29.6. The van der Waals surface area contributed by atoms with Crippen LogP contribution in [0.4, 0.5) is 13.2 Å². The van der Waals surface area contributed by atoms with Crippen molar-refractivity contribution in [2.24, 2.45) is 4.99 Å². The molecule has 0 aliphatic heterocycles. The summed E-state index contributed by atoms with van der Waals surface area (Å²) in [6.45, 7) is 6.48. The van der Waals surface area contributed by atoms with E-state index < -0.39 is 24.0 Å². The molecule has 0 saturated carbocycles. The summed E-state index contributed by atoms with van der Waals surface area (Å²) >= 11 is 1.67. The van der Waals surface area contributed by atoms with Crippen LogP contribution in [0.15, 0.2) is 65.8 Å². The predicted octanol–water partition coefficient (Wildman–Crippen LogP) is 8.70. The van der Waals surface area contributed by atoms with Crippen molar-refractivity contribution in [2.75, 3.05) is 25.4 Å². The second-order valence-corrected chi connectivity index (χ2v) is 13.5. The Bertz CT molecular complexity index is 1320. The fraction of sp³-hybridized carbons (Fsp3) is 0.553. The van der Waals surface area contributed by atoms with Crippen molar-refractivity contribution in [3.8, 4) is 11.1 Å². The lowest BCUT2D eigenvalue weighted by molar-refractivity contribution is -0.141. The Morgan fingerprint density at radius 1 is 0.917 bits per heavy atom. The summed E-state index contributed by atoms with van der Waals surface area (Å²) < 4.78 is 39.4. The molecule has 2 aromatic carbocycles. The summed E-state index contributed by atoms with van der Waals surface area (Å²) in [6.07, 6.45) is 8.40. The lowest BCUT2D eigenvalue weighted by Crippen LogP contribution is -2.47. The first-order valence-corrected chi connectivity index (χ1v) is 18.5. The molecule has 6 nitrogen and oxygen atoms in total. The molecule has 2 amide bonds. The van der Waals surface area contributed by atoms with Crippen molar-refractivity contribution in [2.45, 2.75) is 109 Å². The van der Waals surface area contributed by atoms with Gasteiger partial charge in [0.2, 0.25) is 11.8 Å². The highest BCUT2D eigenvalue weighted by Crippen LogP contribution is 2.51. The summed E-state index contributed by atoms with van der Waals surface area (Å²) in [4.78, 5) is 31.0. The molecule has 1 atom stereocenters. The number of halogens is 3. The zero-order valence-electron chi connectivity index (χ0n) is 28.8. The van der Waals surface area contributed by atoms with E-state index in [2.05, 4.69) is 41.7 Å². The number of allylic oxidation sites excluding steroid dienone is 1. The first-order chi connectivity index (χ1) is 23.2. The van der Waals surface area contributed by atoms with Gasteiger partial charge in [0.25, 0.3) is 0 Å². The third kappa shape index (κ3) is 11.8. The number of aliphatic imine (C=N–C) groups is 1. The molecule has 2 aromatic rings. The van der Waals surface area contributed by atoms with Crippen molar-refractivity contribution in [3.05, 3.63) is 71.9 Å². The van der Waals surface area contributed by atoms with Crippen molar-refractivity contribution in [1.82, 2.24) is 16.0 Å². The Hall–Kier alpha value is -3.11. The van der Waals surface area contributed by atoms with Crippen LogP contribution in [0.3, 0.4) is 0 Å². The van der Waals surface area contributed by atoms with Gasteiger partial charge in [-0.2, -0.15) is 13.2 Å². The number of nitrogens with zero attached hydrogens (tertiary/aromatic N) is 1. The van der Waals surface area contributed by atoms with Crippen molar-refractivity contribution >= 4 is 28.6 Å². The molecule has 0 spiro atoms. The molecule has 0 bridgehead atoms. The van der Waals surface area contributed by atoms with E-state index >= 15 is 0 Å². The second-order valence-electron chi connectivity index (χ2n) is 12.4. The van der Waals surface area contributed by atoms with Crippen LogP contribution in [-0.4, -0.2) is 54.5 Å². The van der Waals surface area contributed by atoms with Crippen LogP contribution in [0, 0.1) is 0 Å². The van der Waals surface area contributed by atoms with Gasteiger partial charge < -0.3 is 16.0 Å². The maximum absolute atomic E-state index is 13.6. The molecule has 0 aromatic heterocycles. The number of nitrogens with one attached hydrogen (secondary N) is 3. The first kappa shape index (κ1) is 39.3. The van der Waals surface area contributed by atoms with Gasteiger partial charge in [0.05, 0.1) is 11.5 Å². The van der Waals surface area contributed by atoms with Crippen LogP contribution in [0.2, 0.25) is 0 Å². The highest BCUT2D eigenvalue weighted by atomic mass is 32.2. The summed E-state index contributed by atoms with van der Waals surface area (Å²) in [5.74, 6) is 0.365. The zero-order chi connectivity index (χ0) is 34.8. The van der Waals surface area contributed by atoms with Gasteiger partial charge in [0.15, 0.2) is 0 Å². The van der Waals surface area contributed by atoms with E-state index in [1.54, 1.807) is 18.0 Å². The number of rotatable bonds is 21. The summed E-state index contributed by atoms with van der Waals surface area (Å²) in [7, 11) is 0. The highest BCUT2D eigenvalue weighted by Gasteiger charge is 2.49. The van der Waals surface area contributed by atoms with E-state index in [4.69, 9.17) is 0 Å². The van der Waals surface area contributed by atoms with Crippen LogP contribution >= 0.6 is 11.8 Å². The maximum atomic E-state index is 13.6. The van der Waals surface area contributed by atoms with Gasteiger partial charge in [-0.3, -0.25) is 14.6 Å². The molecule has 48 heavy (non-hydrogen) atoms. The van der Waals surface area contributed by atoms with E-state index in [0.717, 1.165) is 91.1 Å². The van der Waals surface area contributed by atoms with Crippen molar-refractivity contribution in [1.29, 1.82) is 0 Å². The quantitative estimate of drug-likeness (QED) is 0.0697. The third-order valence-electron chi connectivity index (χ3n) is 8.71. The molecule has 3 rings (SSSR count). The number of hydrogen-bond donors (Lipinski definition) is 3. The molecule has 0 radical (unpaired) electrons. The smallest absolute Gasteiger partial charge is 0.353 e. The number of carbonyl (C=O) groups is 2. The molecule has 264 valence electrons. The minimum Gasteiger partial charge on any atom is -0.353 e. The van der Waals surface area contributed by atoms with Gasteiger partial charge in [-0.25, -0.2) is 0 Å². The molecular formula is C38H53F3N4O2S. The van der Waals surface area contributed by atoms with Gasteiger partial charge in [0.1, 0.15) is 12.0 Å². The molecule has 1 aliphatic rings. The molecule has 3 N–H and O–H groups in total. The Balaban J connectivity index is 1.48. The lowest BCUT2D eigenvalue weighted by Gasteiger charge is -2.31. The standard InChI is InChI=1S/C38H53F3N4O2S/c1-4-7-15-26-48-35(43-25-8-5-2)27-34(46)45-29(6-3)17-16-24-42-23-14-13-22-37(36(47)44-28-38(39,40)41)32-20-11-9-18-30(32)31-19-10-12-21-33(31)37/h8-12,18-21,25,29,42H,4-7,13-17,22-24,26-28H2,1-3H3,(H,44,47)(H,45,46)/b25-8-,43-35?. The summed E-state index contributed by atoms with van der Waals surface area (Å²) in [6, 6.07) is 15.2. The third-order valence-corrected chi connectivity index (χ3v) is 9.78. The van der Waals surface area contributed by atoms with Crippen molar-refractivity contribution < 1.29 is 22.8 Å². The van der Waals surface area contributed by atoms with Crippen molar-refractivity contribution in [3.63, 3.8) is 0 Å². The minimum atomic E-state index is -4.49. The molecule has 10 heteroatoms. The number of fused-ring (bicyclic) bond motifs is 3. The fourth-order valence-electron chi connectivity index (χ4n) is 6.23. The van der Waals surface area contributed by atoms with Gasteiger partial charge in [0, 0.05) is 12.2 Å². The molecule has 0 saturated heterocycles. The van der Waals surface area contributed by atoms with E-state index in [1.165, 1.54) is 6.42 Å². The normalized spacial score (nSPS) is 14.5. The van der Waals surface area contributed by atoms with E-state index in [1.807, 2.05) is 54.6 Å². The average molecular weight is 687 g/mol. The number of benzene rings is 2. The highest BCUT2D eigenvalue weighted by molar-refractivity contribution is 8.14. The minimum absolute atomic E-state index is 0.00436. The Morgan fingerprint density at radius 3 is 2.21 bits per heavy atom. The largest absolute Gasteiger partial charge is 0.405 e. The number of thioether (sulfide) groups is 1. The van der Waals surface area contributed by atoms with E-state index in [-0.39, 0.29) is 11.9 Å². The molecule has 1 unspecified atom stereocenters. The molecule has 0 fully saturated rings. The SMILES string of the molecule is CC/C=C\N=C(CC(=O)NC(CC)CCCNCCCCC1(C(=O)NCC(F)(F)F)c2ccccc2-c2ccccc21)SCCCCC. The van der Waals surface area contributed by atoms with Gasteiger partial charge in [-0.15, -0.1) is 11.8 Å². The topological polar surface area (TPSA) is 82.6 Å². The number of hydrogen-bond acceptors (Lipinski definition) is 5. The fourth-order valence-corrected chi connectivity index (χ4v) is 7.19. The van der Waals surface area contributed by atoms with Crippen LogP contribution in [0.1, 0.15) is 103 Å². The van der Waals surface area contributed by atoms with Gasteiger partial charge in [-0.05, 0) is 86.0 Å². The summed E-state index contributed by atoms with van der Waals surface area (Å²) in [5, 5.41) is 9.72.